The van der Waals surface area contributed by atoms with Crippen molar-refractivity contribution in [2.45, 2.75) is 64.0 Å². The van der Waals surface area contributed by atoms with Crippen molar-refractivity contribution in [1.29, 1.82) is 0 Å². The molecule has 0 bridgehead atoms. The molecular weight excluding hydrogens is 200 g/mol. The van der Waals surface area contributed by atoms with Gasteiger partial charge in [0, 0.05) is 24.5 Å². The molecule has 0 aromatic rings. The molecule has 1 amide bonds. The lowest BCUT2D eigenvalue weighted by molar-refractivity contribution is -0.135. The Kier molecular flexibility index (Phi) is 3.85. The van der Waals surface area contributed by atoms with Gasteiger partial charge in [-0.25, -0.2) is 0 Å². The normalized spacial score (nSPS) is 30.1. The van der Waals surface area contributed by atoms with E-state index in [0.717, 1.165) is 51.5 Å². The summed E-state index contributed by atoms with van der Waals surface area (Å²) in [5.74, 6) is 0.782. The Morgan fingerprint density at radius 1 is 1.19 bits per heavy atom. The minimum atomic E-state index is 0.363. The Morgan fingerprint density at radius 3 is 2.31 bits per heavy atom. The molecule has 3 heteroatoms. The van der Waals surface area contributed by atoms with E-state index in [1.165, 1.54) is 0 Å². The van der Waals surface area contributed by atoms with Crippen LogP contribution in [0, 0.1) is 5.92 Å². The molecule has 2 aliphatic rings. The van der Waals surface area contributed by atoms with Crippen molar-refractivity contribution in [3.8, 4) is 0 Å². The maximum atomic E-state index is 12.2. The third-order valence-electron chi connectivity index (χ3n) is 3.86. The molecule has 0 aromatic heterocycles. The first-order valence-corrected chi connectivity index (χ1v) is 6.78. The van der Waals surface area contributed by atoms with Crippen LogP contribution in [0.2, 0.25) is 0 Å². The van der Waals surface area contributed by atoms with E-state index in [0.29, 0.717) is 23.9 Å². The van der Waals surface area contributed by atoms with Crippen LogP contribution < -0.4 is 5.73 Å². The van der Waals surface area contributed by atoms with Crippen molar-refractivity contribution in [2.75, 3.05) is 6.54 Å². The summed E-state index contributed by atoms with van der Waals surface area (Å²) in [6, 6.07) is 0.851. The number of nitrogens with zero attached hydrogens (tertiary/aromatic N) is 1. The second-order valence-electron chi connectivity index (χ2n) is 5.37. The Labute approximate surface area is 98.4 Å². The van der Waals surface area contributed by atoms with Gasteiger partial charge in [-0.3, -0.25) is 4.79 Å². The van der Waals surface area contributed by atoms with Crippen molar-refractivity contribution in [3.05, 3.63) is 0 Å². The maximum Gasteiger partial charge on any atom is 0.225 e. The van der Waals surface area contributed by atoms with E-state index in [1.807, 2.05) is 0 Å². The van der Waals surface area contributed by atoms with Crippen LogP contribution in [0.3, 0.4) is 0 Å². The van der Waals surface area contributed by atoms with Crippen LogP contribution in [0.5, 0.6) is 0 Å². The van der Waals surface area contributed by atoms with E-state index in [4.69, 9.17) is 5.73 Å². The SMILES string of the molecule is CCCN(C(=O)C1CC1)C1CCC(N)CC1. The van der Waals surface area contributed by atoms with Crippen LogP contribution >= 0.6 is 0 Å². The first-order chi connectivity index (χ1) is 7.72. The molecule has 92 valence electrons. The van der Waals surface area contributed by atoms with Crippen molar-refractivity contribution in [2.24, 2.45) is 11.7 Å². The highest BCUT2D eigenvalue weighted by Crippen LogP contribution is 2.33. The standard InChI is InChI=1S/C13H24N2O/c1-2-9-15(13(16)10-3-4-10)12-7-5-11(14)6-8-12/h10-12H,2-9,14H2,1H3. The Hall–Kier alpha value is -0.570. The summed E-state index contributed by atoms with van der Waals surface area (Å²) in [6.45, 7) is 3.09. The van der Waals surface area contributed by atoms with Crippen molar-refractivity contribution in [3.63, 3.8) is 0 Å². The van der Waals surface area contributed by atoms with Gasteiger partial charge in [-0.05, 0) is 44.9 Å². The molecule has 0 atom stereocenters. The van der Waals surface area contributed by atoms with E-state index in [9.17, 15) is 4.79 Å². The molecule has 0 radical (unpaired) electrons. The summed E-state index contributed by atoms with van der Waals surface area (Å²) >= 11 is 0. The molecule has 0 saturated heterocycles. The fraction of sp³-hybridized carbons (Fsp3) is 0.923. The smallest absolute Gasteiger partial charge is 0.225 e. The van der Waals surface area contributed by atoms with Crippen LogP contribution in [0.25, 0.3) is 0 Å². The molecule has 2 aliphatic carbocycles. The van der Waals surface area contributed by atoms with Gasteiger partial charge < -0.3 is 10.6 Å². The van der Waals surface area contributed by atoms with Crippen LogP contribution in [0.4, 0.5) is 0 Å². The van der Waals surface area contributed by atoms with Gasteiger partial charge in [0.15, 0.2) is 0 Å². The molecule has 2 fully saturated rings. The second-order valence-corrected chi connectivity index (χ2v) is 5.37. The molecule has 2 N–H and O–H groups in total. The number of amides is 1. The van der Waals surface area contributed by atoms with Crippen molar-refractivity contribution >= 4 is 5.91 Å². The van der Waals surface area contributed by atoms with Gasteiger partial charge >= 0.3 is 0 Å². The molecule has 16 heavy (non-hydrogen) atoms. The molecular formula is C13H24N2O. The molecule has 0 unspecified atom stereocenters. The van der Waals surface area contributed by atoms with Gasteiger partial charge in [0.1, 0.15) is 0 Å². The fourth-order valence-electron chi connectivity index (χ4n) is 2.69. The van der Waals surface area contributed by atoms with Crippen LogP contribution in [0.1, 0.15) is 51.9 Å². The van der Waals surface area contributed by atoms with E-state index < -0.39 is 0 Å². The highest BCUT2D eigenvalue weighted by molar-refractivity contribution is 5.81. The largest absolute Gasteiger partial charge is 0.339 e. The van der Waals surface area contributed by atoms with Crippen LogP contribution in [-0.4, -0.2) is 29.4 Å². The minimum Gasteiger partial charge on any atom is -0.339 e. The molecule has 0 aromatic carbocycles. The Balaban J connectivity index is 1.92. The summed E-state index contributed by atoms with van der Waals surface area (Å²) in [4.78, 5) is 14.3. The first kappa shape index (κ1) is 11.9. The highest BCUT2D eigenvalue weighted by atomic mass is 16.2. The van der Waals surface area contributed by atoms with Crippen molar-refractivity contribution in [1.82, 2.24) is 4.90 Å². The lowest BCUT2D eigenvalue weighted by Gasteiger charge is -2.36. The maximum absolute atomic E-state index is 12.2. The topological polar surface area (TPSA) is 46.3 Å². The molecule has 0 aliphatic heterocycles. The number of hydrogen-bond acceptors (Lipinski definition) is 2. The molecule has 0 spiro atoms. The number of carbonyl (C=O) groups excluding carboxylic acids is 1. The lowest BCUT2D eigenvalue weighted by Crippen LogP contribution is -2.45. The lowest BCUT2D eigenvalue weighted by atomic mass is 9.90. The fourth-order valence-corrected chi connectivity index (χ4v) is 2.69. The van der Waals surface area contributed by atoms with E-state index in [-0.39, 0.29) is 0 Å². The summed E-state index contributed by atoms with van der Waals surface area (Å²) in [5.41, 5.74) is 5.92. The zero-order valence-electron chi connectivity index (χ0n) is 10.3. The third-order valence-corrected chi connectivity index (χ3v) is 3.86. The predicted molar refractivity (Wildman–Crippen MR) is 65.0 cm³/mol. The first-order valence-electron chi connectivity index (χ1n) is 6.78. The summed E-state index contributed by atoms with van der Waals surface area (Å²) in [7, 11) is 0. The van der Waals surface area contributed by atoms with Crippen molar-refractivity contribution < 1.29 is 4.79 Å². The average Bonchev–Trinajstić information content (AvgIpc) is 3.10. The molecule has 2 rings (SSSR count). The monoisotopic (exact) mass is 224 g/mol. The number of hydrogen-bond donors (Lipinski definition) is 1. The zero-order chi connectivity index (χ0) is 11.5. The summed E-state index contributed by atoms with van der Waals surface area (Å²) in [6.07, 6.45) is 7.70. The molecule has 2 saturated carbocycles. The quantitative estimate of drug-likeness (QED) is 0.793. The third kappa shape index (κ3) is 2.76. The number of carbonyl (C=O) groups is 1. The number of rotatable bonds is 4. The van der Waals surface area contributed by atoms with Gasteiger partial charge in [-0.15, -0.1) is 0 Å². The Bertz CT molecular complexity index is 242. The van der Waals surface area contributed by atoms with Gasteiger partial charge in [0.2, 0.25) is 5.91 Å². The molecule has 0 heterocycles. The van der Waals surface area contributed by atoms with Gasteiger partial charge in [0.05, 0.1) is 0 Å². The van der Waals surface area contributed by atoms with E-state index in [2.05, 4.69) is 11.8 Å². The van der Waals surface area contributed by atoms with E-state index in [1.54, 1.807) is 0 Å². The van der Waals surface area contributed by atoms with Gasteiger partial charge in [0.25, 0.3) is 0 Å². The highest BCUT2D eigenvalue weighted by Gasteiger charge is 2.36. The second kappa shape index (κ2) is 5.17. The summed E-state index contributed by atoms with van der Waals surface area (Å²) < 4.78 is 0. The van der Waals surface area contributed by atoms with Gasteiger partial charge in [-0.2, -0.15) is 0 Å². The number of nitrogens with two attached hydrogens (primary N) is 1. The van der Waals surface area contributed by atoms with Gasteiger partial charge in [-0.1, -0.05) is 6.92 Å². The average molecular weight is 224 g/mol. The Morgan fingerprint density at radius 2 is 1.81 bits per heavy atom. The van der Waals surface area contributed by atoms with Crippen LogP contribution in [-0.2, 0) is 4.79 Å². The summed E-state index contributed by atoms with van der Waals surface area (Å²) in [5, 5.41) is 0. The van der Waals surface area contributed by atoms with Crippen LogP contribution in [0.15, 0.2) is 0 Å². The van der Waals surface area contributed by atoms with E-state index >= 15 is 0 Å². The minimum absolute atomic E-state index is 0.363. The predicted octanol–water partition coefficient (Wildman–Crippen LogP) is 1.90. The molecule has 3 nitrogen and oxygen atoms in total. The zero-order valence-corrected chi connectivity index (χ0v) is 10.3.